The Kier molecular flexibility index (Phi) is 5.38. The first-order valence-electron chi connectivity index (χ1n) is 7.06. The van der Waals surface area contributed by atoms with Gasteiger partial charge in [-0.25, -0.2) is 9.59 Å². The molecule has 2 rings (SSSR count). The molecule has 114 valence electrons. The molecule has 2 N–H and O–H groups in total. The molecular weight excluding hydrogens is 288 g/mol. The van der Waals surface area contributed by atoms with Crippen LogP contribution in [0.1, 0.15) is 30.2 Å². The Morgan fingerprint density at radius 3 is 3.10 bits per heavy atom. The highest BCUT2D eigenvalue weighted by Crippen LogP contribution is 2.17. The Bertz CT molecular complexity index is 539. The molecule has 0 radical (unpaired) electrons. The van der Waals surface area contributed by atoms with Crippen molar-refractivity contribution in [2.24, 2.45) is 5.92 Å². The van der Waals surface area contributed by atoms with Crippen molar-refractivity contribution < 1.29 is 14.7 Å². The van der Waals surface area contributed by atoms with E-state index in [0.717, 1.165) is 36.0 Å². The van der Waals surface area contributed by atoms with E-state index in [9.17, 15) is 9.59 Å². The van der Waals surface area contributed by atoms with Crippen molar-refractivity contribution in [2.45, 2.75) is 26.3 Å². The predicted octanol–water partition coefficient (Wildman–Crippen LogP) is 2.79. The van der Waals surface area contributed by atoms with E-state index >= 15 is 0 Å². The van der Waals surface area contributed by atoms with Crippen molar-refractivity contribution in [3.05, 3.63) is 28.0 Å². The Hall–Kier alpha value is -1.82. The molecule has 0 saturated carbocycles. The van der Waals surface area contributed by atoms with Gasteiger partial charge in [0.2, 0.25) is 0 Å². The lowest BCUT2D eigenvalue weighted by atomic mass is 10.0. The summed E-state index contributed by atoms with van der Waals surface area (Å²) in [4.78, 5) is 25.4. The predicted molar refractivity (Wildman–Crippen MR) is 83.2 cm³/mol. The summed E-state index contributed by atoms with van der Waals surface area (Å²) in [6.07, 6.45) is 4.92. The van der Waals surface area contributed by atoms with Gasteiger partial charge in [-0.1, -0.05) is 6.92 Å². The highest BCUT2D eigenvalue weighted by Gasteiger charge is 2.20. The molecule has 1 aliphatic rings. The highest BCUT2D eigenvalue weighted by molar-refractivity contribution is 7.10. The van der Waals surface area contributed by atoms with Gasteiger partial charge < -0.3 is 15.3 Å². The zero-order valence-electron chi connectivity index (χ0n) is 12.0. The van der Waals surface area contributed by atoms with E-state index < -0.39 is 5.97 Å². The van der Waals surface area contributed by atoms with Gasteiger partial charge in [0.25, 0.3) is 0 Å². The number of nitrogens with zero attached hydrogens (tertiary/aromatic N) is 1. The van der Waals surface area contributed by atoms with Crippen molar-refractivity contribution in [1.29, 1.82) is 0 Å². The molecule has 1 atom stereocenters. The van der Waals surface area contributed by atoms with Crippen LogP contribution in [0.15, 0.2) is 17.5 Å². The van der Waals surface area contributed by atoms with Crippen LogP contribution in [-0.2, 0) is 11.3 Å². The van der Waals surface area contributed by atoms with Crippen LogP contribution in [0.5, 0.6) is 0 Å². The van der Waals surface area contributed by atoms with Crippen LogP contribution < -0.4 is 5.32 Å². The number of nitrogens with one attached hydrogen (secondary N) is 1. The molecule has 1 unspecified atom stereocenters. The molecule has 2 amide bonds. The fourth-order valence-corrected chi connectivity index (χ4v) is 3.19. The fourth-order valence-electron chi connectivity index (χ4n) is 2.39. The first kappa shape index (κ1) is 15.6. The molecule has 0 aliphatic carbocycles. The number of carboxylic acid groups (broad SMARTS) is 1. The van der Waals surface area contributed by atoms with E-state index in [2.05, 4.69) is 12.2 Å². The van der Waals surface area contributed by atoms with Gasteiger partial charge in [0.1, 0.15) is 0 Å². The Balaban J connectivity index is 1.82. The molecule has 5 nitrogen and oxygen atoms in total. The van der Waals surface area contributed by atoms with Crippen LogP contribution in [-0.4, -0.2) is 35.1 Å². The first-order chi connectivity index (χ1) is 10.0. The second-order valence-corrected chi connectivity index (χ2v) is 6.37. The van der Waals surface area contributed by atoms with Crippen molar-refractivity contribution in [2.75, 3.05) is 13.1 Å². The molecule has 2 heterocycles. The van der Waals surface area contributed by atoms with Crippen LogP contribution in [0, 0.1) is 5.92 Å². The van der Waals surface area contributed by atoms with Crippen molar-refractivity contribution in [3.63, 3.8) is 0 Å². The number of piperidine rings is 1. The molecule has 0 spiro atoms. The number of carbonyl (C=O) groups excluding carboxylic acids is 1. The van der Waals surface area contributed by atoms with Gasteiger partial charge in [-0.3, -0.25) is 0 Å². The van der Waals surface area contributed by atoms with Crippen LogP contribution >= 0.6 is 11.3 Å². The molecule has 0 aromatic carbocycles. The highest BCUT2D eigenvalue weighted by atomic mass is 32.1. The zero-order valence-corrected chi connectivity index (χ0v) is 12.9. The summed E-state index contributed by atoms with van der Waals surface area (Å²) in [6.45, 7) is 4.30. The summed E-state index contributed by atoms with van der Waals surface area (Å²) in [6, 6.07) is 1.88. The molecule has 1 aromatic heterocycles. The van der Waals surface area contributed by atoms with Crippen LogP contribution in [0.3, 0.4) is 0 Å². The second kappa shape index (κ2) is 7.26. The van der Waals surface area contributed by atoms with Gasteiger partial charge in [-0.05, 0) is 41.8 Å². The molecule has 1 aliphatic heterocycles. The Morgan fingerprint density at radius 1 is 1.57 bits per heavy atom. The summed E-state index contributed by atoms with van der Waals surface area (Å²) in [5.41, 5.74) is 0.846. The molecular formula is C15H20N2O3S. The lowest BCUT2D eigenvalue weighted by Gasteiger charge is -2.30. The summed E-state index contributed by atoms with van der Waals surface area (Å²) in [5.74, 6) is -0.394. The van der Waals surface area contributed by atoms with Gasteiger partial charge in [-0.15, -0.1) is 11.3 Å². The number of aliphatic carboxylic acids is 1. The summed E-state index contributed by atoms with van der Waals surface area (Å²) in [7, 11) is 0. The maximum Gasteiger partial charge on any atom is 0.328 e. The number of amides is 2. The standard InChI is InChI=1S/C15H20N2O3S/c1-11-3-2-6-17(9-11)15(20)16-8-13-7-12(10-21-13)4-5-14(18)19/h4-5,7,10-11H,2-3,6,8-9H2,1H3,(H,16,20)(H,18,19). The quantitative estimate of drug-likeness (QED) is 0.840. The van der Waals surface area contributed by atoms with Gasteiger partial charge in [0.05, 0.1) is 6.54 Å². The lowest BCUT2D eigenvalue weighted by Crippen LogP contribution is -2.44. The number of thiophene rings is 1. The average Bonchev–Trinajstić information content (AvgIpc) is 2.90. The number of hydrogen-bond acceptors (Lipinski definition) is 3. The minimum absolute atomic E-state index is 0.0161. The zero-order chi connectivity index (χ0) is 15.2. The Morgan fingerprint density at radius 2 is 2.38 bits per heavy atom. The van der Waals surface area contributed by atoms with E-state index in [0.29, 0.717) is 12.5 Å². The third kappa shape index (κ3) is 4.90. The lowest BCUT2D eigenvalue weighted by molar-refractivity contribution is -0.131. The SMILES string of the molecule is CC1CCCN(C(=O)NCc2cc(C=CC(=O)O)cs2)C1. The maximum absolute atomic E-state index is 12.1. The van der Waals surface area contributed by atoms with Crippen LogP contribution in [0.2, 0.25) is 0 Å². The summed E-state index contributed by atoms with van der Waals surface area (Å²) >= 11 is 1.51. The monoisotopic (exact) mass is 308 g/mol. The van der Waals surface area contributed by atoms with Crippen molar-refractivity contribution in [1.82, 2.24) is 10.2 Å². The average molecular weight is 308 g/mol. The summed E-state index contributed by atoms with van der Waals surface area (Å²) in [5, 5.41) is 13.4. The smallest absolute Gasteiger partial charge is 0.328 e. The molecule has 1 aromatic rings. The van der Waals surface area contributed by atoms with Crippen molar-refractivity contribution >= 4 is 29.4 Å². The number of carboxylic acids is 1. The number of urea groups is 1. The molecule has 1 saturated heterocycles. The fraction of sp³-hybridized carbons (Fsp3) is 0.467. The van der Waals surface area contributed by atoms with E-state index in [-0.39, 0.29) is 6.03 Å². The largest absolute Gasteiger partial charge is 0.478 e. The van der Waals surface area contributed by atoms with Crippen molar-refractivity contribution in [3.8, 4) is 0 Å². The number of hydrogen-bond donors (Lipinski definition) is 2. The number of carbonyl (C=O) groups is 2. The third-order valence-corrected chi connectivity index (χ3v) is 4.41. The molecule has 21 heavy (non-hydrogen) atoms. The number of rotatable bonds is 4. The maximum atomic E-state index is 12.1. The minimum atomic E-state index is -0.963. The molecule has 0 bridgehead atoms. The van der Waals surface area contributed by atoms with E-state index in [1.165, 1.54) is 17.8 Å². The molecule has 6 heteroatoms. The van der Waals surface area contributed by atoms with Crippen LogP contribution in [0.4, 0.5) is 4.79 Å². The van der Waals surface area contributed by atoms with Crippen LogP contribution in [0.25, 0.3) is 6.08 Å². The number of likely N-dealkylation sites (tertiary alicyclic amines) is 1. The topological polar surface area (TPSA) is 69.6 Å². The minimum Gasteiger partial charge on any atom is -0.478 e. The molecule has 1 fully saturated rings. The second-order valence-electron chi connectivity index (χ2n) is 5.37. The van der Waals surface area contributed by atoms with Gasteiger partial charge in [0.15, 0.2) is 0 Å². The van der Waals surface area contributed by atoms with E-state index in [1.807, 2.05) is 16.3 Å². The van der Waals surface area contributed by atoms with E-state index in [1.54, 1.807) is 6.08 Å². The third-order valence-electron chi connectivity index (χ3n) is 3.45. The van der Waals surface area contributed by atoms with E-state index in [4.69, 9.17) is 5.11 Å². The summed E-state index contributed by atoms with van der Waals surface area (Å²) < 4.78 is 0. The van der Waals surface area contributed by atoms with Gasteiger partial charge in [0, 0.05) is 24.0 Å². The normalized spacial score (nSPS) is 18.9. The van der Waals surface area contributed by atoms with Gasteiger partial charge >= 0.3 is 12.0 Å². The Labute approximate surface area is 128 Å². The van der Waals surface area contributed by atoms with Gasteiger partial charge in [-0.2, -0.15) is 0 Å². The first-order valence-corrected chi connectivity index (χ1v) is 7.94.